The van der Waals surface area contributed by atoms with Crippen LogP contribution in [0.25, 0.3) is 0 Å². The van der Waals surface area contributed by atoms with E-state index in [9.17, 15) is 4.79 Å². The molecule has 7 heteroatoms. The standard InChI is InChI=1S/C17H24BrN5O/c18-12-3-1-10(2-4-12)15-8-16(23-22-15)17(24)20-13-5-6-14-11(7-13)9-19-21-14/h1-4,11,13-16,19,21-23H,5-9H2,(H,20,24). The van der Waals surface area contributed by atoms with Crippen LogP contribution in [0.4, 0.5) is 0 Å². The molecule has 2 saturated heterocycles. The Morgan fingerprint density at radius 2 is 1.92 bits per heavy atom. The highest BCUT2D eigenvalue weighted by molar-refractivity contribution is 9.10. The van der Waals surface area contributed by atoms with Crippen LogP contribution in [-0.4, -0.2) is 30.6 Å². The molecule has 5 N–H and O–H groups in total. The van der Waals surface area contributed by atoms with E-state index >= 15 is 0 Å². The number of halogens is 1. The Morgan fingerprint density at radius 1 is 1.08 bits per heavy atom. The molecule has 2 heterocycles. The van der Waals surface area contributed by atoms with Gasteiger partial charge in [0, 0.05) is 29.1 Å². The number of rotatable bonds is 3. The molecule has 3 aliphatic rings. The molecule has 2 aliphatic heterocycles. The van der Waals surface area contributed by atoms with Crippen LogP contribution >= 0.6 is 15.9 Å². The Hall–Kier alpha value is -0.990. The summed E-state index contributed by atoms with van der Waals surface area (Å²) >= 11 is 3.45. The van der Waals surface area contributed by atoms with Gasteiger partial charge in [-0.15, -0.1) is 0 Å². The van der Waals surface area contributed by atoms with E-state index in [4.69, 9.17) is 0 Å². The van der Waals surface area contributed by atoms with Crippen molar-refractivity contribution in [3.63, 3.8) is 0 Å². The van der Waals surface area contributed by atoms with Crippen molar-refractivity contribution in [2.45, 2.75) is 49.9 Å². The lowest BCUT2D eigenvalue weighted by molar-refractivity contribution is -0.123. The zero-order valence-corrected chi connectivity index (χ0v) is 15.1. The van der Waals surface area contributed by atoms with Gasteiger partial charge in [-0.25, -0.2) is 10.9 Å². The average Bonchev–Trinajstić information content (AvgIpc) is 3.24. The predicted octanol–water partition coefficient (Wildman–Crippen LogP) is 1.12. The molecule has 1 saturated carbocycles. The molecule has 0 radical (unpaired) electrons. The zero-order chi connectivity index (χ0) is 16.5. The summed E-state index contributed by atoms with van der Waals surface area (Å²) in [5, 5.41) is 3.25. The minimum atomic E-state index is -0.170. The summed E-state index contributed by atoms with van der Waals surface area (Å²) in [4.78, 5) is 12.6. The van der Waals surface area contributed by atoms with Gasteiger partial charge in [-0.1, -0.05) is 28.1 Å². The third-order valence-electron chi connectivity index (χ3n) is 5.47. The molecule has 24 heavy (non-hydrogen) atoms. The predicted molar refractivity (Wildman–Crippen MR) is 95.8 cm³/mol. The van der Waals surface area contributed by atoms with Crippen molar-refractivity contribution in [2.75, 3.05) is 6.54 Å². The molecule has 3 fully saturated rings. The fourth-order valence-corrected chi connectivity index (χ4v) is 4.34. The van der Waals surface area contributed by atoms with Crippen LogP contribution < -0.4 is 27.0 Å². The Balaban J connectivity index is 1.30. The van der Waals surface area contributed by atoms with Gasteiger partial charge in [-0.05, 0) is 49.3 Å². The molecule has 1 aromatic carbocycles. The van der Waals surface area contributed by atoms with E-state index in [0.717, 1.165) is 36.7 Å². The van der Waals surface area contributed by atoms with Crippen molar-refractivity contribution in [1.29, 1.82) is 0 Å². The average molecular weight is 394 g/mol. The van der Waals surface area contributed by atoms with Gasteiger partial charge in [0.05, 0.1) is 0 Å². The number of benzene rings is 1. The normalized spacial score (nSPS) is 35.6. The fraction of sp³-hybridized carbons (Fsp3) is 0.588. The molecule has 0 bridgehead atoms. The smallest absolute Gasteiger partial charge is 0.238 e. The summed E-state index contributed by atoms with van der Waals surface area (Å²) in [6.07, 6.45) is 4.01. The van der Waals surface area contributed by atoms with Crippen LogP contribution in [0.5, 0.6) is 0 Å². The second kappa shape index (κ2) is 7.09. The lowest BCUT2D eigenvalue weighted by Gasteiger charge is -2.31. The second-order valence-electron chi connectivity index (χ2n) is 7.09. The summed E-state index contributed by atoms with van der Waals surface area (Å²) in [6.45, 7) is 1.01. The van der Waals surface area contributed by atoms with E-state index in [-0.39, 0.29) is 18.0 Å². The maximum Gasteiger partial charge on any atom is 0.238 e. The van der Waals surface area contributed by atoms with Crippen molar-refractivity contribution >= 4 is 21.8 Å². The second-order valence-corrected chi connectivity index (χ2v) is 8.01. The van der Waals surface area contributed by atoms with E-state index in [1.54, 1.807) is 0 Å². The van der Waals surface area contributed by atoms with E-state index in [0.29, 0.717) is 18.0 Å². The molecule has 0 spiro atoms. The van der Waals surface area contributed by atoms with Crippen LogP contribution in [0.1, 0.15) is 37.3 Å². The third-order valence-corrected chi connectivity index (χ3v) is 6.00. The zero-order valence-electron chi connectivity index (χ0n) is 13.5. The molecule has 130 valence electrons. The Labute approximate surface area is 150 Å². The summed E-state index contributed by atoms with van der Waals surface area (Å²) in [7, 11) is 0. The van der Waals surface area contributed by atoms with Gasteiger partial charge >= 0.3 is 0 Å². The first-order chi connectivity index (χ1) is 11.7. The van der Waals surface area contributed by atoms with Crippen LogP contribution in [0, 0.1) is 5.92 Å². The molecular weight excluding hydrogens is 370 g/mol. The van der Waals surface area contributed by atoms with Gasteiger partial charge in [0.25, 0.3) is 0 Å². The first kappa shape index (κ1) is 16.5. The summed E-state index contributed by atoms with van der Waals surface area (Å²) in [5.41, 5.74) is 14.2. The number of hydrazine groups is 2. The van der Waals surface area contributed by atoms with Gasteiger partial charge in [0.1, 0.15) is 6.04 Å². The van der Waals surface area contributed by atoms with Crippen molar-refractivity contribution in [2.24, 2.45) is 5.92 Å². The summed E-state index contributed by atoms with van der Waals surface area (Å²) < 4.78 is 1.07. The highest BCUT2D eigenvalue weighted by atomic mass is 79.9. The number of hydrogen-bond donors (Lipinski definition) is 5. The maximum atomic E-state index is 12.6. The third kappa shape index (κ3) is 3.50. The Morgan fingerprint density at radius 3 is 2.75 bits per heavy atom. The molecule has 1 aromatic rings. The Kier molecular flexibility index (Phi) is 4.87. The van der Waals surface area contributed by atoms with Crippen LogP contribution in [0.2, 0.25) is 0 Å². The van der Waals surface area contributed by atoms with Crippen molar-refractivity contribution < 1.29 is 4.79 Å². The first-order valence-corrected chi connectivity index (χ1v) is 9.53. The lowest BCUT2D eigenvalue weighted by Crippen LogP contribution is -2.49. The monoisotopic (exact) mass is 393 g/mol. The summed E-state index contributed by atoms with van der Waals surface area (Å²) in [6, 6.07) is 9.12. The number of fused-ring (bicyclic) bond motifs is 1. The largest absolute Gasteiger partial charge is 0.352 e. The molecule has 5 unspecified atom stereocenters. The lowest BCUT2D eigenvalue weighted by atomic mass is 9.83. The van der Waals surface area contributed by atoms with Crippen LogP contribution in [0.15, 0.2) is 28.7 Å². The SMILES string of the molecule is O=C(NC1CCC2NNCC2C1)C1CC(c2ccc(Br)cc2)NN1. The van der Waals surface area contributed by atoms with Crippen LogP contribution in [-0.2, 0) is 4.79 Å². The van der Waals surface area contributed by atoms with E-state index < -0.39 is 0 Å². The van der Waals surface area contributed by atoms with Crippen molar-refractivity contribution in [1.82, 2.24) is 27.0 Å². The van der Waals surface area contributed by atoms with E-state index in [2.05, 4.69) is 55.1 Å². The minimum Gasteiger partial charge on any atom is -0.352 e. The molecule has 5 atom stereocenters. The molecule has 0 aromatic heterocycles. The van der Waals surface area contributed by atoms with Gasteiger partial charge in [0.15, 0.2) is 0 Å². The first-order valence-electron chi connectivity index (χ1n) is 8.74. The minimum absolute atomic E-state index is 0.115. The fourth-order valence-electron chi connectivity index (χ4n) is 4.08. The van der Waals surface area contributed by atoms with Gasteiger partial charge in [-0.3, -0.25) is 15.6 Å². The topological polar surface area (TPSA) is 77.2 Å². The number of hydrogen-bond acceptors (Lipinski definition) is 5. The van der Waals surface area contributed by atoms with Crippen molar-refractivity contribution in [3.05, 3.63) is 34.3 Å². The quantitative estimate of drug-likeness (QED) is 0.531. The van der Waals surface area contributed by atoms with E-state index in [1.165, 1.54) is 5.56 Å². The molecule has 4 rings (SSSR count). The molecular formula is C17H24BrN5O. The number of carbonyl (C=O) groups excluding carboxylic acids is 1. The number of carbonyl (C=O) groups is 1. The summed E-state index contributed by atoms with van der Waals surface area (Å²) in [5.74, 6) is 0.749. The number of nitrogens with one attached hydrogen (secondary N) is 5. The van der Waals surface area contributed by atoms with Crippen molar-refractivity contribution in [3.8, 4) is 0 Å². The molecule has 1 amide bonds. The Bertz CT molecular complexity index is 595. The van der Waals surface area contributed by atoms with Gasteiger partial charge in [-0.2, -0.15) is 0 Å². The molecule has 1 aliphatic carbocycles. The van der Waals surface area contributed by atoms with Crippen LogP contribution in [0.3, 0.4) is 0 Å². The van der Waals surface area contributed by atoms with Gasteiger partial charge in [0.2, 0.25) is 5.91 Å². The van der Waals surface area contributed by atoms with Gasteiger partial charge < -0.3 is 5.32 Å². The molecule has 6 nitrogen and oxygen atoms in total. The highest BCUT2D eigenvalue weighted by Gasteiger charge is 2.36. The van der Waals surface area contributed by atoms with E-state index in [1.807, 2.05) is 12.1 Å². The highest BCUT2D eigenvalue weighted by Crippen LogP contribution is 2.28. The number of amides is 1. The maximum absolute atomic E-state index is 12.6.